The second-order valence-corrected chi connectivity index (χ2v) is 6.20. The summed E-state index contributed by atoms with van der Waals surface area (Å²) in [4.78, 5) is 24.0. The van der Waals surface area contributed by atoms with Gasteiger partial charge in [-0.2, -0.15) is 5.10 Å². The lowest BCUT2D eigenvalue weighted by Crippen LogP contribution is -2.12. The van der Waals surface area contributed by atoms with Crippen LogP contribution in [0.25, 0.3) is 0 Å². The SMILES string of the molecule is O=C1CCCc2cc(NC(=O)c3ccc(Cn4cccn4)o3)ccc2N1. The van der Waals surface area contributed by atoms with Crippen molar-refractivity contribution in [2.24, 2.45) is 0 Å². The highest BCUT2D eigenvalue weighted by Crippen LogP contribution is 2.25. The third kappa shape index (κ3) is 3.51. The predicted molar refractivity (Wildman–Crippen MR) is 96.0 cm³/mol. The number of benzene rings is 1. The molecule has 4 rings (SSSR count). The summed E-state index contributed by atoms with van der Waals surface area (Å²) in [6, 6.07) is 10.7. The van der Waals surface area contributed by atoms with Crippen molar-refractivity contribution in [3.63, 3.8) is 0 Å². The minimum atomic E-state index is -0.311. The van der Waals surface area contributed by atoms with Gasteiger partial charge in [0.25, 0.3) is 5.91 Å². The van der Waals surface area contributed by atoms with Crippen molar-refractivity contribution in [1.82, 2.24) is 9.78 Å². The Morgan fingerprint density at radius 2 is 2.19 bits per heavy atom. The fourth-order valence-corrected chi connectivity index (χ4v) is 2.98. The monoisotopic (exact) mass is 350 g/mol. The van der Waals surface area contributed by atoms with E-state index in [9.17, 15) is 9.59 Å². The maximum atomic E-state index is 12.4. The molecule has 2 N–H and O–H groups in total. The minimum Gasteiger partial charge on any atom is -0.454 e. The van der Waals surface area contributed by atoms with Gasteiger partial charge in [-0.3, -0.25) is 14.3 Å². The number of aromatic nitrogens is 2. The lowest BCUT2D eigenvalue weighted by Gasteiger charge is -2.10. The standard InChI is InChI=1S/C19H18N4O3/c24-18-4-1-3-13-11-14(5-7-16(13)22-18)21-19(25)17-8-6-15(26-17)12-23-10-2-9-20-23/h2,5-11H,1,3-4,12H2,(H,21,25)(H,22,24). The number of furan rings is 1. The largest absolute Gasteiger partial charge is 0.454 e. The summed E-state index contributed by atoms with van der Waals surface area (Å²) in [6.07, 6.45) is 5.63. The molecule has 2 amide bonds. The number of rotatable bonds is 4. The van der Waals surface area contributed by atoms with Crippen LogP contribution in [0.2, 0.25) is 0 Å². The van der Waals surface area contributed by atoms with E-state index in [2.05, 4.69) is 15.7 Å². The van der Waals surface area contributed by atoms with Crippen molar-refractivity contribution in [3.05, 3.63) is 65.9 Å². The van der Waals surface area contributed by atoms with Gasteiger partial charge in [-0.05, 0) is 54.8 Å². The van der Waals surface area contributed by atoms with Crippen LogP contribution < -0.4 is 10.6 Å². The number of carbonyl (C=O) groups is 2. The Hall–Kier alpha value is -3.35. The van der Waals surface area contributed by atoms with Gasteiger partial charge in [0, 0.05) is 30.2 Å². The molecule has 0 fully saturated rings. The lowest BCUT2D eigenvalue weighted by molar-refractivity contribution is -0.116. The summed E-state index contributed by atoms with van der Waals surface area (Å²) in [5.41, 5.74) is 2.51. The van der Waals surface area contributed by atoms with Gasteiger partial charge in [-0.25, -0.2) is 0 Å². The molecule has 1 aliphatic rings. The molecule has 0 saturated carbocycles. The van der Waals surface area contributed by atoms with Gasteiger partial charge < -0.3 is 15.1 Å². The number of hydrogen-bond donors (Lipinski definition) is 2. The summed E-state index contributed by atoms with van der Waals surface area (Å²) >= 11 is 0. The average molecular weight is 350 g/mol. The van der Waals surface area contributed by atoms with Crippen LogP contribution in [0, 0.1) is 0 Å². The van der Waals surface area contributed by atoms with E-state index in [0.29, 0.717) is 24.4 Å². The van der Waals surface area contributed by atoms with Crippen LogP contribution in [-0.2, 0) is 17.8 Å². The van der Waals surface area contributed by atoms with Crippen LogP contribution in [0.3, 0.4) is 0 Å². The van der Waals surface area contributed by atoms with E-state index in [1.165, 1.54) is 0 Å². The molecular weight excluding hydrogens is 332 g/mol. The predicted octanol–water partition coefficient (Wildman–Crippen LogP) is 3.05. The van der Waals surface area contributed by atoms with Crippen LogP contribution in [0.4, 0.5) is 11.4 Å². The molecule has 0 bridgehead atoms. The van der Waals surface area contributed by atoms with Crippen LogP contribution in [0.1, 0.15) is 34.7 Å². The Kier molecular flexibility index (Phi) is 4.27. The van der Waals surface area contributed by atoms with Crippen LogP contribution in [-0.4, -0.2) is 21.6 Å². The highest BCUT2D eigenvalue weighted by atomic mass is 16.4. The van der Waals surface area contributed by atoms with Gasteiger partial charge in [0.2, 0.25) is 5.91 Å². The summed E-state index contributed by atoms with van der Waals surface area (Å²) in [5, 5.41) is 9.84. The highest BCUT2D eigenvalue weighted by molar-refractivity contribution is 6.02. The summed E-state index contributed by atoms with van der Waals surface area (Å²) in [6.45, 7) is 0.471. The molecule has 0 aliphatic carbocycles. The van der Waals surface area contributed by atoms with E-state index in [-0.39, 0.29) is 17.6 Å². The number of anilines is 2. The lowest BCUT2D eigenvalue weighted by atomic mass is 10.1. The van der Waals surface area contributed by atoms with E-state index in [4.69, 9.17) is 4.42 Å². The topological polar surface area (TPSA) is 89.2 Å². The van der Waals surface area contributed by atoms with E-state index >= 15 is 0 Å². The first kappa shape index (κ1) is 16.1. The highest BCUT2D eigenvalue weighted by Gasteiger charge is 2.15. The van der Waals surface area contributed by atoms with Gasteiger partial charge >= 0.3 is 0 Å². The van der Waals surface area contributed by atoms with Crippen molar-refractivity contribution >= 4 is 23.2 Å². The Bertz CT molecular complexity index is 944. The second kappa shape index (κ2) is 6.87. The molecule has 1 aliphatic heterocycles. The van der Waals surface area contributed by atoms with Crippen LogP contribution in [0.5, 0.6) is 0 Å². The molecule has 0 spiro atoms. The number of nitrogens with one attached hydrogen (secondary N) is 2. The van der Waals surface area contributed by atoms with Crippen molar-refractivity contribution in [2.45, 2.75) is 25.8 Å². The number of fused-ring (bicyclic) bond motifs is 1. The van der Waals surface area contributed by atoms with E-state index < -0.39 is 0 Å². The fraction of sp³-hybridized carbons (Fsp3) is 0.211. The van der Waals surface area contributed by atoms with Crippen molar-refractivity contribution < 1.29 is 14.0 Å². The van der Waals surface area contributed by atoms with Crippen LogP contribution >= 0.6 is 0 Å². The number of amides is 2. The Labute approximate surface area is 150 Å². The third-order valence-corrected chi connectivity index (χ3v) is 4.25. The summed E-state index contributed by atoms with van der Waals surface area (Å²) in [5.74, 6) is 0.619. The van der Waals surface area contributed by atoms with Gasteiger partial charge in [-0.15, -0.1) is 0 Å². The van der Waals surface area contributed by atoms with Gasteiger partial charge in [0.15, 0.2) is 5.76 Å². The molecule has 3 aromatic rings. The molecule has 0 unspecified atom stereocenters. The van der Waals surface area contributed by atoms with E-state index in [1.54, 1.807) is 29.1 Å². The van der Waals surface area contributed by atoms with Gasteiger partial charge in [-0.1, -0.05) is 0 Å². The molecule has 2 aromatic heterocycles. The summed E-state index contributed by atoms with van der Waals surface area (Å²) < 4.78 is 7.33. The Balaban J connectivity index is 1.46. The Morgan fingerprint density at radius 1 is 1.27 bits per heavy atom. The molecule has 1 aromatic carbocycles. The molecule has 7 heteroatoms. The zero-order valence-electron chi connectivity index (χ0n) is 14.1. The molecule has 132 valence electrons. The van der Waals surface area contributed by atoms with Gasteiger partial charge in [0.1, 0.15) is 5.76 Å². The minimum absolute atomic E-state index is 0.0285. The number of carbonyl (C=O) groups excluding carboxylic acids is 2. The smallest absolute Gasteiger partial charge is 0.291 e. The first-order chi connectivity index (χ1) is 12.7. The number of hydrogen-bond acceptors (Lipinski definition) is 4. The quantitative estimate of drug-likeness (QED) is 0.757. The zero-order chi connectivity index (χ0) is 17.9. The molecule has 0 radical (unpaired) electrons. The van der Waals surface area contributed by atoms with E-state index in [0.717, 1.165) is 24.1 Å². The van der Waals surface area contributed by atoms with Crippen LogP contribution in [0.15, 0.2) is 53.2 Å². The first-order valence-electron chi connectivity index (χ1n) is 8.48. The molecule has 26 heavy (non-hydrogen) atoms. The molecule has 0 atom stereocenters. The molecule has 3 heterocycles. The number of nitrogens with zero attached hydrogens (tertiary/aromatic N) is 2. The van der Waals surface area contributed by atoms with Gasteiger partial charge in [0.05, 0.1) is 6.54 Å². The molecular formula is C19H18N4O3. The second-order valence-electron chi connectivity index (χ2n) is 6.20. The maximum absolute atomic E-state index is 12.4. The third-order valence-electron chi connectivity index (χ3n) is 4.25. The Morgan fingerprint density at radius 3 is 3.04 bits per heavy atom. The van der Waals surface area contributed by atoms with E-state index in [1.807, 2.05) is 24.4 Å². The first-order valence-corrected chi connectivity index (χ1v) is 8.48. The normalized spacial score (nSPS) is 13.6. The zero-order valence-corrected chi connectivity index (χ0v) is 14.1. The molecule has 7 nitrogen and oxygen atoms in total. The number of aryl methyl sites for hydroxylation is 1. The fourth-order valence-electron chi connectivity index (χ4n) is 2.98. The van der Waals surface area contributed by atoms with Crippen molar-refractivity contribution in [3.8, 4) is 0 Å². The molecule has 0 saturated heterocycles. The maximum Gasteiger partial charge on any atom is 0.291 e. The van der Waals surface area contributed by atoms with Crippen molar-refractivity contribution in [1.29, 1.82) is 0 Å². The summed E-state index contributed by atoms with van der Waals surface area (Å²) in [7, 11) is 0. The average Bonchev–Trinajstić information content (AvgIpc) is 3.26. The van der Waals surface area contributed by atoms with Crippen molar-refractivity contribution in [2.75, 3.05) is 10.6 Å².